The van der Waals surface area contributed by atoms with Gasteiger partial charge in [-0.2, -0.15) is 0 Å². The average Bonchev–Trinajstić information content (AvgIpc) is 4.02. The highest BCUT2D eigenvalue weighted by atomic mass is 16.5. The van der Waals surface area contributed by atoms with E-state index in [1.54, 1.807) is 22.2 Å². The number of likely N-dealkylation sites (tertiary alicyclic amines) is 2. The number of ether oxygens (including phenoxy) is 1. The van der Waals surface area contributed by atoms with Gasteiger partial charge in [-0.05, 0) is 72.9 Å². The summed E-state index contributed by atoms with van der Waals surface area (Å²) in [6.07, 6.45) is 4.96. The zero-order chi connectivity index (χ0) is 40.1. The summed E-state index contributed by atoms with van der Waals surface area (Å²) in [7, 11) is 2.73. The molecule has 4 N–H and O–H groups in total. The lowest BCUT2D eigenvalue weighted by molar-refractivity contribution is -0.138. The number of hydrogen-bond acceptors (Lipinski definition) is 7. The smallest absolute Gasteiger partial charge is 0.407 e. The second kappa shape index (κ2) is 17.1. The van der Waals surface area contributed by atoms with Gasteiger partial charge in [-0.25, -0.2) is 19.6 Å². The maximum atomic E-state index is 13.6. The molecule has 2 aliphatic rings. The Labute approximate surface area is 327 Å². The van der Waals surface area contributed by atoms with Gasteiger partial charge in [0.2, 0.25) is 11.8 Å². The van der Waals surface area contributed by atoms with Crippen LogP contribution in [-0.4, -0.2) is 103 Å². The number of likely N-dealkylation sites (N-methyl/N-ethyl adjacent to an activating group) is 1. The van der Waals surface area contributed by atoms with Gasteiger partial charge >= 0.3 is 12.2 Å². The minimum absolute atomic E-state index is 0.109. The summed E-state index contributed by atoms with van der Waals surface area (Å²) in [6.45, 7) is 8.64. The quantitative estimate of drug-likeness (QED) is 0.138. The van der Waals surface area contributed by atoms with E-state index in [9.17, 15) is 24.3 Å². The largest absolute Gasteiger partial charge is 0.465 e. The third-order valence-electron chi connectivity index (χ3n) is 10.6. The van der Waals surface area contributed by atoms with E-state index in [1.165, 1.54) is 14.2 Å². The number of hydrogen-bond donors (Lipinski definition) is 4. The molecule has 2 aromatic carbocycles. The molecule has 2 aromatic heterocycles. The topological polar surface area (TPSA) is 177 Å². The van der Waals surface area contributed by atoms with Crippen molar-refractivity contribution in [3.8, 4) is 34.4 Å². The summed E-state index contributed by atoms with van der Waals surface area (Å²) in [5, 5.41) is 12.2. The summed E-state index contributed by atoms with van der Waals surface area (Å²) in [5.41, 5.74) is 5.23. The van der Waals surface area contributed by atoms with Crippen molar-refractivity contribution < 1.29 is 29.0 Å². The monoisotopic (exact) mass is 762 g/mol. The van der Waals surface area contributed by atoms with Crippen molar-refractivity contribution in [2.75, 3.05) is 27.2 Å². The van der Waals surface area contributed by atoms with Gasteiger partial charge in [0.05, 0.1) is 43.0 Å². The van der Waals surface area contributed by atoms with Crippen LogP contribution in [0.1, 0.15) is 88.2 Å². The lowest BCUT2D eigenvalue weighted by atomic mass is 10.0. The van der Waals surface area contributed by atoms with Crippen LogP contribution in [-0.2, 0) is 14.3 Å². The Morgan fingerprint density at radius 3 is 1.66 bits per heavy atom. The number of methoxy groups -OCH3 is 1. The molecule has 56 heavy (non-hydrogen) atoms. The van der Waals surface area contributed by atoms with Crippen LogP contribution in [0.2, 0.25) is 0 Å². The molecular weight excluding hydrogens is 713 g/mol. The molecule has 2 saturated heterocycles. The van der Waals surface area contributed by atoms with Gasteiger partial charge in [0.15, 0.2) is 0 Å². The lowest BCUT2D eigenvalue weighted by Gasteiger charge is -2.33. The highest BCUT2D eigenvalue weighted by molar-refractivity contribution is 5.87. The van der Waals surface area contributed by atoms with Crippen LogP contribution in [0.4, 0.5) is 9.59 Å². The Bertz CT molecular complexity index is 2090. The van der Waals surface area contributed by atoms with Gasteiger partial charge in [-0.15, -0.1) is 0 Å². The molecule has 6 rings (SSSR count). The summed E-state index contributed by atoms with van der Waals surface area (Å²) in [4.78, 5) is 71.4. The van der Waals surface area contributed by atoms with Crippen LogP contribution >= 0.6 is 0 Å². The Hall–Kier alpha value is -6.10. The molecule has 0 spiro atoms. The molecule has 0 radical (unpaired) electrons. The fraction of sp³-hybridized carbons (Fsp3) is 0.429. The second-order valence-electron chi connectivity index (χ2n) is 15.1. The molecular formula is C42H50N8O6. The highest BCUT2D eigenvalue weighted by Gasteiger charge is 2.40. The van der Waals surface area contributed by atoms with E-state index < -0.39 is 24.3 Å². The number of alkyl carbamates (subject to hydrolysis) is 1. The van der Waals surface area contributed by atoms with Gasteiger partial charge in [0.1, 0.15) is 23.7 Å². The highest BCUT2D eigenvalue weighted by Crippen LogP contribution is 2.34. The molecule has 0 unspecified atom stereocenters. The lowest BCUT2D eigenvalue weighted by Crippen LogP contribution is -2.51. The van der Waals surface area contributed by atoms with Crippen LogP contribution in [0, 0.1) is 23.7 Å². The van der Waals surface area contributed by atoms with Crippen LogP contribution < -0.4 is 5.32 Å². The number of aromatic amines is 2. The van der Waals surface area contributed by atoms with Crippen molar-refractivity contribution in [1.29, 1.82) is 0 Å². The molecule has 4 amide bonds. The first kappa shape index (κ1) is 39.6. The fourth-order valence-corrected chi connectivity index (χ4v) is 7.61. The maximum absolute atomic E-state index is 13.6. The standard InChI is InChI=1S/C42H50N8O6/c1-25(2)35(47-41(53)56-6)39(51)49-21-7-9-33(49)37-43-23-31(45-37)29-17-13-27(14-18-29)11-12-28-15-19-30(20-16-28)32-24-44-38(46-32)34-10-8-22-50(34)40(52)36(26(3)4)48(5)42(54)55/h13-20,23-26,33-36H,7-10,21-22H2,1-6H3,(H,43,45)(H,44,46)(H,47,53)(H,54,55)/t33-,34-,35-,36-/m0/s1. The van der Waals surface area contributed by atoms with Crippen LogP contribution in [0.15, 0.2) is 60.9 Å². The first-order chi connectivity index (χ1) is 26.9. The molecule has 14 nitrogen and oxygen atoms in total. The molecule has 2 aliphatic heterocycles. The average molecular weight is 763 g/mol. The molecule has 4 aromatic rings. The number of nitrogens with one attached hydrogen (secondary N) is 3. The van der Waals surface area contributed by atoms with Gasteiger partial charge in [-0.1, -0.05) is 63.8 Å². The first-order valence-electron chi connectivity index (χ1n) is 19.1. The number of rotatable bonds is 10. The van der Waals surface area contributed by atoms with Gasteiger partial charge in [0.25, 0.3) is 0 Å². The number of benzene rings is 2. The molecule has 0 aliphatic carbocycles. The van der Waals surface area contributed by atoms with Crippen molar-refractivity contribution >= 4 is 24.0 Å². The SMILES string of the molecule is COC(=O)N[C@H](C(=O)N1CCC[C@H]1c1ncc(-c2ccc(C#Cc3ccc(-c4cnc([C@@H]5CCCN5C(=O)[C@H](C(C)C)N(C)C(=O)O)[nH]4)cc3)cc2)[nH]1)C(C)C. The molecule has 2 fully saturated rings. The number of carbonyl (C=O) groups excluding carboxylic acids is 3. The number of carbonyl (C=O) groups is 4. The van der Waals surface area contributed by atoms with Crippen molar-refractivity contribution in [3.63, 3.8) is 0 Å². The summed E-state index contributed by atoms with van der Waals surface area (Å²) < 4.78 is 4.74. The van der Waals surface area contributed by atoms with Crippen molar-refractivity contribution in [2.24, 2.45) is 11.8 Å². The molecule has 0 saturated carbocycles. The third kappa shape index (κ3) is 8.57. The van der Waals surface area contributed by atoms with Gasteiger partial charge in [-0.3, -0.25) is 14.5 Å². The molecule has 0 bridgehead atoms. The van der Waals surface area contributed by atoms with E-state index >= 15 is 0 Å². The number of aromatic nitrogens is 4. The predicted octanol–water partition coefficient (Wildman–Crippen LogP) is 6.21. The zero-order valence-corrected chi connectivity index (χ0v) is 32.7. The number of nitrogens with zero attached hydrogens (tertiary/aromatic N) is 5. The first-order valence-corrected chi connectivity index (χ1v) is 19.1. The minimum atomic E-state index is -1.13. The number of imidazole rings is 2. The molecule has 4 atom stereocenters. The Kier molecular flexibility index (Phi) is 12.1. The van der Waals surface area contributed by atoms with E-state index in [1.807, 2.05) is 76.2 Å². The number of H-pyrrole nitrogens is 2. The van der Waals surface area contributed by atoms with Crippen molar-refractivity contribution in [2.45, 2.75) is 77.5 Å². The van der Waals surface area contributed by atoms with E-state index in [0.717, 1.165) is 64.2 Å². The second-order valence-corrected chi connectivity index (χ2v) is 15.1. The third-order valence-corrected chi connectivity index (χ3v) is 10.6. The summed E-state index contributed by atoms with van der Waals surface area (Å²) in [5.74, 6) is 7.23. The van der Waals surface area contributed by atoms with E-state index in [2.05, 4.69) is 37.1 Å². The van der Waals surface area contributed by atoms with E-state index in [4.69, 9.17) is 4.74 Å². The van der Waals surface area contributed by atoms with E-state index in [-0.39, 0.29) is 35.7 Å². The Morgan fingerprint density at radius 1 is 0.786 bits per heavy atom. The molecule has 14 heteroatoms. The summed E-state index contributed by atoms with van der Waals surface area (Å²) >= 11 is 0. The van der Waals surface area contributed by atoms with Crippen molar-refractivity contribution in [1.82, 2.24) is 40.0 Å². The maximum Gasteiger partial charge on any atom is 0.407 e. The predicted molar refractivity (Wildman–Crippen MR) is 210 cm³/mol. The van der Waals surface area contributed by atoms with Gasteiger partial charge < -0.3 is 34.9 Å². The molecule has 294 valence electrons. The van der Waals surface area contributed by atoms with Crippen LogP contribution in [0.3, 0.4) is 0 Å². The van der Waals surface area contributed by atoms with E-state index in [0.29, 0.717) is 24.7 Å². The Balaban J connectivity index is 1.08. The number of amides is 4. The fourth-order valence-electron chi connectivity index (χ4n) is 7.61. The van der Waals surface area contributed by atoms with Crippen molar-refractivity contribution in [3.05, 3.63) is 83.7 Å². The van der Waals surface area contributed by atoms with Crippen LogP contribution in [0.25, 0.3) is 22.5 Å². The Morgan fingerprint density at radius 2 is 1.25 bits per heavy atom. The minimum Gasteiger partial charge on any atom is -0.465 e. The summed E-state index contributed by atoms with van der Waals surface area (Å²) in [6, 6.07) is 13.8. The van der Waals surface area contributed by atoms with Crippen LogP contribution in [0.5, 0.6) is 0 Å². The molecule has 4 heterocycles. The zero-order valence-electron chi connectivity index (χ0n) is 32.7. The normalized spacial score (nSPS) is 17.7. The number of carboxylic acid groups (broad SMARTS) is 1. The van der Waals surface area contributed by atoms with Gasteiger partial charge in [0, 0.05) is 31.3 Å².